The van der Waals surface area contributed by atoms with Gasteiger partial charge in [-0.05, 0) is 81.8 Å². The summed E-state index contributed by atoms with van der Waals surface area (Å²) in [6.45, 7) is -2.80. The summed E-state index contributed by atoms with van der Waals surface area (Å²) in [7, 11) is 1.20. The van der Waals surface area contributed by atoms with Crippen molar-refractivity contribution < 1.29 is 24.9 Å². The number of nitrogens with zero attached hydrogens (tertiary/aromatic N) is 6. The number of nitrogens with two attached hydrogens (primary N) is 1. The minimum absolute atomic E-state index is 0.0521. The number of nitrogens with one attached hydrogen (secondary N) is 2. The second kappa shape index (κ2) is 11.2. The molecule has 0 aliphatic heterocycles. The number of ether oxygens (including phenoxy) is 1. The number of aromatic nitrogens is 6. The number of primary amides is 1. The van der Waals surface area contributed by atoms with Gasteiger partial charge < -0.3 is 26.2 Å². The Morgan fingerprint density at radius 1 is 1.13 bits per heavy atom. The zero-order valence-electron chi connectivity index (χ0n) is 29.0. The van der Waals surface area contributed by atoms with E-state index in [1.165, 1.54) is 17.9 Å². The van der Waals surface area contributed by atoms with Crippen LogP contribution in [0.25, 0.3) is 22.1 Å². The van der Waals surface area contributed by atoms with Crippen molar-refractivity contribution in [1.29, 1.82) is 0 Å². The molecule has 5 N–H and O–H groups in total. The van der Waals surface area contributed by atoms with Crippen molar-refractivity contribution in [1.82, 2.24) is 34.2 Å². The van der Waals surface area contributed by atoms with Gasteiger partial charge in [-0.15, -0.1) is 0 Å². The molecule has 0 spiro atoms. The number of methoxy groups -OCH3 is 1. The smallest absolute Gasteiger partial charge is 0.407 e. The Morgan fingerprint density at radius 3 is 2.62 bits per heavy atom. The highest BCUT2D eigenvalue weighted by Crippen LogP contribution is 2.43. The van der Waals surface area contributed by atoms with E-state index in [1.807, 2.05) is 6.07 Å². The molecule has 0 aromatic carbocycles. The molecule has 3 aliphatic carbocycles. The minimum atomic E-state index is -2.80. The van der Waals surface area contributed by atoms with Gasteiger partial charge in [0, 0.05) is 34.6 Å². The molecule has 3 saturated carbocycles. The Bertz CT molecular complexity index is 2010. The molecule has 4 aromatic rings. The summed E-state index contributed by atoms with van der Waals surface area (Å²) in [6, 6.07) is 1.49. The monoisotopic (exact) mass is 621 g/mol. The number of aliphatic hydroxyl groups is 1. The Hall–Kier alpha value is -4.46. The third-order valence-electron chi connectivity index (χ3n) is 9.86. The topological polar surface area (TPSA) is 184 Å². The van der Waals surface area contributed by atoms with Gasteiger partial charge in [0.1, 0.15) is 17.2 Å². The fourth-order valence-corrected chi connectivity index (χ4v) is 7.23. The SMILES string of the molecule is [2H]C([2H])([2H])n1c(=O)n([C@@H]2CC[C@@]([2H])(NC(=O)OC)C2)c2cc(Nc3cc(C4CCC(O)CC4)c4cnn(C5(C(N)=O)CCC5)c4n3)ncc21. The highest BCUT2D eigenvalue weighted by molar-refractivity contribution is 5.88. The van der Waals surface area contributed by atoms with Gasteiger partial charge in [-0.2, -0.15) is 5.10 Å². The molecule has 0 unspecified atom stereocenters. The van der Waals surface area contributed by atoms with Crippen molar-refractivity contribution >= 4 is 45.7 Å². The number of carbonyl (C=O) groups is 2. The van der Waals surface area contributed by atoms with E-state index in [0.717, 1.165) is 34.8 Å². The highest BCUT2D eigenvalue weighted by Gasteiger charge is 2.47. The van der Waals surface area contributed by atoms with Crippen LogP contribution in [0, 0.1) is 0 Å². The fraction of sp³-hybridized carbons (Fsp3) is 0.548. The van der Waals surface area contributed by atoms with Crippen LogP contribution in [0.2, 0.25) is 0 Å². The van der Waals surface area contributed by atoms with Crippen molar-refractivity contribution in [2.24, 2.45) is 12.7 Å². The van der Waals surface area contributed by atoms with Gasteiger partial charge in [0.2, 0.25) is 5.91 Å². The second-order valence-electron chi connectivity index (χ2n) is 12.4. The molecule has 4 aromatic heterocycles. The van der Waals surface area contributed by atoms with Crippen LogP contribution in [0.4, 0.5) is 16.4 Å². The minimum Gasteiger partial charge on any atom is -0.453 e. The molecular formula is C31H39N9O5. The average Bonchev–Trinajstić information content (AvgIpc) is 3.69. The molecule has 2 atom stereocenters. The van der Waals surface area contributed by atoms with Crippen LogP contribution >= 0.6 is 0 Å². The molecule has 3 fully saturated rings. The molecule has 7 rings (SSSR count). The zero-order chi connectivity index (χ0) is 34.9. The Balaban J connectivity index is 1.32. The molecule has 2 amide bonds. The van der Waals surface area contributed by atoms with Crippen LogP contribution in [0.15, 0.2) is 29.3 Å². The summed E-state index contributed by atoms with van der Waals surface area (Å²) >= 11 is 0. The third kappa shape index (κ3) is 4.91. The molecule has 3 aliphatic rings. The molecule has 14 heteroatoms. The lowest BCUT2D eigenvalue weighted by atomic mass is 9.76. The number of pyridine rings is 2. The van der Waals surface area contributed by atoms with Crippen LogP contribution in [0.5, 0.6) is 0 Å². The van der Waals surface area contributed by atoms with Crippen LogP contribution < -0.4 is 22.1 Å². The van der Waals surface area contributed by atoms with Crippen molar-refractivity contribution in [3.63, 3.8) is 0 Å². The highest BCUT2D eigenvalue weighted by atomic mass is 16.5. The first-order valence-corrected chi connectivity index (χ1v) is 15.4. The van der Waals surface area contributed by atoms with Crippen LogP contribution in [-0.2, 0) is 22.0 Å². The van der Waals surface area contributed by atoms with E-state index in [4.69, 9.17) is 16.2 Å². The summed E-state index contributed by atoms with van der Waals surface area (Å²) in [5.41, 5.74) is 5.99. The quantitative estimate of drug-likeness (QED) is 0.241. The molecule has 0 radical (unpaired) electrons. The van der Waals surface area contributed by atoms with Crippen LogP contribution in [0.1, 0.15) is 87.2 Å². The summed E-state index contributed by atoms with van der Waals surface area (Å²) in [5.74, 6) is 0.320. The van der Waals surface area contributed by atoms with Gasteiger partial charge >= 0.3 is 11.8 Å². The van der Waals surface area contributed by atoms with E-state index in [9.17, 15) is 19.5 Å². The van der Waals surface area contributed by atoms with Gasteiger partial charge in [-0.3, -0.25) is 13.9 Å². The van der Waals surface area contributed by atoms with Gasteiger partial charge in [-0.25, -0.2) is 24.2 Å². The second-order valence-corrected chi connectivity index (χ2v) is 12.4. The van der Waals surface area contributed by atoms with Gasteiger partial charge in [0.05, 0.1) is 38.0 Å². The van der Waals surface area contributed by atoms with Crippen molar-refractivity contribution in [3.05, 3.63) is 40.6 Å². The first-order valence-electron chi connectivity index (χ1n) is 17.4. The zero-order valence-corrected chi connectivity index (χ0v) is 25.0. The summed E-state index contributed by atoms with van der Waals surface area (Å²) < 4.78 is 41.4. The molecule has 14 nitrogen and oxygen atoms in total. The Kier molecular flexibility index (Phi) is 6.15. The van der Waals surface area contributed by atoms with Gasteiger partial charge in [-0.1, -0.05) is 0 Å². The molecule has 45 heavy (non-hydrogen) atoms. The number of hydrogen-bond acceptors (Lipinski definition) is 9. The van der Waals surface area contributed by atoms with Crippen molar-refractivity contribution in [2.45, 2.75) is 93.8 Å². The number of carbonyl (C=O) groups excluding carboxylic acids is 2. The number of alkyl carbamates (subject to hydrolysis) is 1. The summed E-state index contributed by atoms with van der Waals surface area (Å²) in [5, 5.41) is 21.4. The van der Waals surface area contributed by atoms with E-state index < -0.39 is 42.3 Å². The van der Waals surface area contributed by atoms with E-state index >= 15 is 0 Å². The predicted molar refractivity (Wildman–Crippen MR) is 166 cm³/mol. The number of aryl methyl sites for hydroxylation is 1. The van der Waals surface area contributed by atoms with Crippen LogP contribution in [0.3, 0.4) is 0 Å². The standard InChI is InChI=1S/C31H39N9O5/c1-38-24-16-33-25(14-23(24)39(30(38)44)19-7-6-18(12-19)35-29(43)45-2)36-26-13-21(17-4-8-20(41)9-5-17)22-15-34-40(27(22)37-26)31(28(32)42)10-3-11-31/h13-20,41H,3-12H2,1-2H3,(H2,32,42)(H,35,43)(H,33,36,37)/t17?,18-,19-,20?/m1/s1/i1D3,18D. The largest absolute Gasteiger partial charge is 0.453 e. The summed E-state index contributed by atoms with van der Waals surface area (Å²) in [4.78, 5) is 47.7. The van der Waals surface area contributed by atoms with Crippen LogP contribution in [-0.4, -0.2) is 65.2 Å². The number of anilines is 2. The molecule has 0 bridgehead atoms. The fourth-order valence-electron chi connectivity index (χ4n) is 7.23. The lowest BCUT2D eigenvalue weighted by molar-refractivity contribution is -0.131. The van der Waals surface area contributed by atoms with E-state index in [0.29, 0.717) is 49.1 Å². The van der Waals surface area contributed by atoms with E-state index in [1.54, 1.807) is 16.9 Å². The number of fused-ring (bicyclic) bond motifs is 2. The third-order valence-corrected chi connectivity index (χ3v) is 9.86. The number of rotatable bonds is 7. The maximum absolute atomic E-state index is 13.7. The molecule has 4 heterocycles. The lowest BCUT2D eigenvalue weighted by Gasteiger charge is -2.39. The lowest BCUT2D eigenvalue weighted by Crippen LogP contribution is -2.52. The number of aliphatic hydroxyl groups excluding tert-OH is 1. The first kappa shape index (κ1) is 24.8. The Morgan fingerprint density at radius 2 is 1.93 bits per heavy atom. The van der Waals surface area contributed by atoms with E-state index in [2.05, 4.69) is 25.5 Å². The first-order chi connectivity index (χ1) is 23.2. The normalized spacial score (nSPS) is 27.6. The van der Waals surface area contributed by atoms with Gasteiger partial charge in [0.15, 0.2) is 5.65 Å². The maximum atomic E-state index is 13.7. The molecule has 238 valence electrons. The van der Waals surface area contributed by atoms with Crippen molar-refractivity contribution in [3.8, 4) is 0 Å². The number of hydrogen-bond donors (Lipinski definition) is 4. The van der Waals surface area contributed by atoms with Crippen molar-refractivity contribution in [2.75, 3.05) is 12.4 Å². The average molecular weight is 622 g/mol. The van der Waals surface area contributed by atoms with Gasteiger partial charge in [0.25, 0.3) is 0 Å². The summed E-state index contributed by atoms with van der Waals surface area (Å²) in [6.07, 6.45) is 7.29. The molecule has 0 saturated heterocycles. The number of imidazole rings is 1. The molecular weight excluding hydrogens is 578 g/mol. The maximum Gasteiger partial charge on any atom is 0.407 e. The predicted octanol–water partition coefficient (Wildman–Crippen LogP) is 3.06. The van der Waals surface area contributed by atoms with E-state index in [-0.39, 0.29) is 36.2 Å². The number of amides is 2. The Labute approximate surface area is 264 Å².